The van der Waals surface area contributed by atoms with Gasteiger partial charge in [-0.05, 0) is 41.8 Å². The molecule has 1 aromatic heterocycles. The van der Waals surface area contributed by atoms with Crippen LogP contribution in [0.15, 0.2) is 42.5 Å². The van der Waals surface area contributed by atoms with E-state index in [1.165, 1.54) is 0 Å². The number of H-pyrrole nitrogens is 1. The van der Waals surface area contributed by atoms with Crippen LogP contribution in [-0.4, -0.2) is 31.7 Å². The summed E-state index contributed by atoms with van der Waals surface area (Å²) in [4.78, 5) is 16.7. The van der Waals surface area contributed by atoms with Gasteiger partial charge in [0.05, 0.1) is 14.2 Å². The minimum atomic E-state index is -1.04. The predicted octanol–water partition coefficient (Wildman–Crippen LogP) is 6.46. The number of methoxy groups -OCH3 is 2. The maximum atomic E-state index is 13.4. The number of ether oxygens (including phenoxy) is 3. The van der Waals surface area contributed by atoms with Crippen molar-refractivity contribution in [1.29, 1.82) is 0 Å². The van der Waals surface area contributed by atoms with Gasteiger partial charge >= 0.3 is 0 Å². The van der Waals surface area contributed by atoms with Gasteiger partial charge in [0.15, 0.2) is 17.6 Å². The van der Waals surface area contributed by atoms with E-state index in [0.717, 1.165) is 16.8 Å². The zero-order valence-electron chi connectivity index (χ0n) is 19.4. The molecule has 0 saturated carbocycles. The Morgan fingerprint density at radius 1 is 1.09 bits per heavy atom. The second-order valence-electron chi connectivity index (χ2n) is 7.79. The molecule has 2 N–H and O–H groups in total. The van der Waals surface area contributed by atoms with E-state index >= 15 is 0 Å². The molecule has 6 nitrogen and oxygen atoms in total. The Morgan fingerprint density at radius 3 is 2.44 bits per heavy atom. The van der Waals surface area contributed by atoms with Gasteiger partial charge in [-0.1, -0.05) is 55.1 Å². The van der Waals surface area contributed by atoms with Gasteiger partial charge < -0.3 is 24.5 Å². The first-order chi connectivity index (χ1) is 16.3. The maximum absolute atomic E-state index is 13.4. The van der Waals surface area contributed by atoms with Crippen molar-refractivity contribution in [3.05, 3.63) is 63.8 Å². The van der Waals surface area contributed by atoms with E-state index < -0.39 is 12.0 Å². The second kappa shape index (κ2) is 11.3. The smallest absolute Gasteiger partial charge is 0.259 e. The molecule has 0 fully saturated rings. The Labute approximate surface area is 209 Å². The molecule has 34 heavy (non-hydrogen) atoms. The van der Waals surface area contributed by atoms with E-state index in [0.29, 0.717) is 32.9 Å². The molecule has 3 aromatic rings. The average Bonchev–Trinajstić information content (AvgIpc) is 3.24. The largest absolute Gasteiger partial charge is 0.493 e. The standard InChI is InChI=1S/C26H26Cl2N2O4/c1-6-11-34-24(18-9-8-17(27)13-20(18)28)26(31)30-25-19(14-21(29-25)15(2)3)16-7-10-22(32-4)23(12-16)33-5/h1,7-10,12-15,24,29H,11H2,2-5H3,(H,30,31). The van der Waals surface area contributed by atoms with E-state index in [1.807, 2.05) is 24.3 Å². The lowest BCUT2D eigenvalue weighted by molar-refractivity contribution is -0.127. The van der Waals surface area contributed by atoms with Gasteiger partial charge in [-0.3, -0.25) is 4.79 Å². The van der Waals surface area contributed by atoms with Crippen molar-refractivity contribution in [2.45, 2.75) is 25.9 Å². The molecule has 2 aromatic carbocycles. The summed E-state index contributed by atoms with van der Waals surface area (Å²) < 4.78 is 16.5. The minimum absolute atomic E-state index is 0.0679. The fraction of sp³-hybridized carbons (Fsp3) is 0.269. The zero-order chi connectivity index (χ0) is 24.8. The highest BCUT2D eigenvalue weighted by atomic mass is 35.5. The van der Waals surface area contributed by atoms with E-state index in [1.54, 1.807) is 32.4 Å². The van der Waals surface area contributed by atoms with Crippen LogP contribution in [0.4, 0.5) is 5.82 Å². The Kier molecular flexibility index (Phi) is 8.51. The third-order valence-corrected chi connectivity index (χ3v) is 5.78. The van der Waals surface area contributed by atoms with Gasteiger partial charge in [-0.25, -0.2) is 0 Å². The number of hydrogen-bond donors (Lipinski definition) is 2. The molecule has 1 atom stereocenters. The molecule has 0 saturated heterocycles. The molecule has 1 unspecified atom stereocenters. The summed E-state index contributed by atoms with van der Waals surface area (Å²) in [5.41, 5.74) is 3.03. The number of halogens is 2. The number of nitrogens with one attached hydrogen (secondary N) is 2. The summed E-state index contributed by atoms with van der Waals surface area (Å²) in [5, 5.41) is 3.70. The number of amides is 1. The van der Waals surface area contributed by atoms with Crippen LogP contribution in [-0.2, 0) is 9.53 Å². The third-order valence-electron chi connectivity index (χ3n) is 5.22. The van der Waals surface area contributed by atoms with Crippen LogP contribution in [0, 0.1) is 12.3 Å². The number of terminal acetylenes is 1. The molecule has 0 bridgehead atoms. The lowest BCUT2D eigenvalue weighted by atomic mass is 10.0. The highest BCUT2D eigenvalue weighted by molar-refractivity contribution is 6.35. The number of aromatic nitrogens is 1. The first kappa shape index (κ1) is 25.5. The van der Waals surface area contributed by atoms with Gasteiger partial charge in [0.2, 0.25) is 0 Å². The quantitative estimate of drug-likeness (QED) is 0.330. The Balaban J connectivity index is 2.01. The van der Waals surface area contributed by atoms with Crippen molar-refractivity contribution in [3.63, 3.8) is 0 Å². The van der Waals surface area contributed by atoms with Crippen LogP contribution < -0.4 is 14.8 Å². The van der Waals surface area contributed by atoms with Crippen LogP contribution in [0.3, 0.4) is 0 Å². The molecular formula is C26H26Cl2N2O4. The summed E-state index contributed by atoms with van der Waals surface area (Å²) in [6.07, 6.45) is 4.33. The number of rotatable bonds is 9. The fourth-order valence-electron chi connectivity index (χ4n) is 3.46. The first-order valence-electron chi connectivity index (χ1n) is 10.5. The highest BCUT2D eigenvalue weighted by Gasteiger charge is 2.26. The molecule has 0 spiro atoms. The summed E-state index contributed by atoms with van der Waals surface area (Å²) in [6, 6.07) is 12.4. The average molecular weight is 501 g/mol. The van der Waals surface area contributed by atoms with Gasteiger partial charge in [0.1, 0.15) is 12.4 Å². The van der Waals surface area contributed by atoms with Crippen LogP contribution >= 0.6 is 23.2 Å². The Bertz CT molecular complexity index is 1210. The topological polar surface area (TPSA) is 72.6 Å². The van der Waals surface area contributed by atoms with Gasteiger partial charge in [0.25, 0.3) is 5.91 Å². The fourth-order valence-corrected chi connectivity index (χ4v) is 3.97. The maximum Gasteiger partial charge on any atom is 0.259 e. The van der Waals surface area contributed by atoms with E-state index in [-0.39, 0.29) is 12.5 Å². The third kappa shape index (κ3) is 5.68. The molecule has 0 aliphatic heterocycles. The summed E-state index contributed by atoms with van der Waals surface area (Å²) in [6.45, 7) is 4.05. The molecule has 1 amide bonds. The summed E-state index contributed by atoms with van der Waals surface area (Å²) >= 11 is 12.4. The summed E-state index contributed by atoms with van der Waals surface area (Å²) in [7, 11) is 3.15. The van der Waals surface area contributed by atoms with Crippen molar-refractivity contribution in [2.24, 2.45) is 0 Å². The number of carbonyl (C=O) groups excluding carboxylic acids is 1. The summed E-state index contributed by atoms with van der Waals surface area (Å²) in [5.74, 6) is 3.86. The van der Waals surface area contributed by atoms with Crippen molar-refractivity contribution in [2.75, 3.05) is 26.1 Å². The number of anilines is 1. The number of aromatic amines is 1. The molecular weight excluding hydrogens is 475 g/mol. The Hall–Kier alpha value is -3.11. The highest BCUT2D eigenvalue weighted by Crippen LogP contribution is 2.38. The molecule has 1 heterocycles. The molecule has 0 aliphatic carbocycles. The normalized spacial score (nSPS) is 11.7. The zero-order valence-corrected chi connectivity index (χ0v) is 20.9. The van der Waals surface area contributed by atoms with Crippen molar-refractivity contribution in [3.8, 4) is 35.0 Å². The monoisotopic (exact) mass is 500 g/mol. The Morgan fingerprint density at radius 2 is 1.82 bits per heavy atom. The number of carbonyl (C=O) groups is 1. The molecule has 8 heteroatoms. The van der Waals surface area contributed by atoms with Gasteiger partial charge in [-0.15, -0.1) is 6.42 Å². The lowest BCUT2D eigenvalue weighted by Gasteiger charge is -2.18. The lowest BCUT2D eigenvalue weighted by Crippen LogP contribution is -2.24. The number of benzene rings is 2. The van der Waals surface area contributed by atoms with Crippen molar-refractivity contribution >= 4 is 34.9 Å². The molecule has 3 rings (SSSR count). The number of hydrogen-bond acceptors (Lipinski definition) is 4. The van der Waals surface area contributed by atoms with Gasteiger partial charge in [0, 0.05) is 26.9 Å². The molecule has 0 radical (unpaired) electrons. The van der Waals surface area contributed by atoms with Crippen LogP contribution in [0.25, 0.3) is 11.1 Å². The van der Waals surface area contributed by atoms with E-state index in [2.05, 4.69) is 30.1 Å². The molecule has 0 aliphatic rings. The molecule has 178 valence electrons. The predicted molar refractivity (Wildman–Crippen MR) is 136 cm³/mol. The van der Waals surface area contributed by atoms with Crippen LogP contribution in [0.2, 0.25) is 10.0 Å². The van der Waals surface area contributed by atoms with Gasteiger partial charge in [-0.2, -0.15) is 0 Å². The first-order valence-corrected chi connectivity index (χ1v) is 11.3. The minimum Gasteiger partial charge on any atom is -0.493 e. The SMILES string of the molecule is C#CCOC(C(=O)Nc1[nH]c(C(C)C)cc1-c1ccc(OC)c(OC)c1)c1ccc(Cl)cc1Cl. The van der Waals surface area contributed by atoms with E-state index in [9.17, 15) is 4.79 Å². The second-order valence-corrected chi connectivity index (χ2v) is 8.63. The van der Waals surface area contributed by atoms with Crippen molar-refractivity contribution < 1.29 is 19.0 Å². The van der Waals surface area contributed by atoms with Crippen LogP contribution in [0.1, 0.15) is 37.1 Å². The van der Waals surface area contributed by atoms with Crippen molar-refractivity contribution in [1.82, 2.24) is 4.98 Å². The van der Waals surface area contributed by atoms with Crippen LogP contribution in [0.5, 0.6) is 11.5 Å². The van der Waals surface area contributed by atoms with E-state index in [4.69, 9.17) is 43.8 Å².